The first-order valence-corrected chi connectivity index (χ1v) is 4.82. The minimum atomic E-state index is -0.951. The molecule has 2 rings (SSSR count). The van der Waals surface area contributed by atoms with Gasteiger partial charge in [-0.2, -0.15) is 0 Å². The van der Waals surface area contributed by atoms with Crippen molar-refractivity contribution < 1.29 is 14.7 Å². The Hall–Kier alpha value is -2.10. The number of aromatic nitrogens is 1. The molecule has 0 unspecified atom stereocenters. The number of nitrogens with zero attached hydrogens (tertiary/aromatic N) is 1. The second-order valence-electron chi connectivity index (χ2n) is 3.80. The lowest BCUT2D eigenvalue weighted by Crippen LogP contribution is -2.00. The van der Waals surface area contributed by atoms with Crippen LogP contribution in [0.1, 0.15) is 26.3 Å². The Morgan fingerprint density at radius 3 is 2.69 bits per heavy atom. The maximum Gasteiger partial charge on any atom is 0.336 e. The van der Waals surface area contributed by atoms with Crippen molar-refractivity contribution in [3.05, 3.63) is 35.0 Å². The van der Waals surface area contributed by atoms with Crippen LogP contribution in [0.3, 0.4) is 0 Å². The fourth-order valence-electron chi connectivity index (χ4n) is 1.89. The monoisotopic (exact) mass is 217 g/mol. The lowest BCUT2D eigenvalue weighted by molar-refractivity contribution is 0.0696. The zero-order valence-corrected chi connectivity index (χ0v) is 9.02. The highest BCUT2D eigenvalue weighted by atomic mass is 16.4. The molecule has 1 aromatic heterocycles. The summed E-state index contributed by atoms with van der Waals surface area (Å²) in [6.07, 6.45) is 2.48. The number of rotatable bonds is 2. The number of carbonyl (C=O) groups is 2. The molecule has 1 aromatic carbocycles. The lowest BCUT2D eigenvalue weighted by Gasteiger charge is -2.02. The summed E-state index contributed by atoms with van der Waals surface area (Å²) in [5, 5.41) is 9.79. The third kappa shape index (κ3) is 1.39. The van der Waals surface area contributed by atoms with Gasteiger partial charge in [0.1, 0.15) is 0 Å². The predicted octanol–water partition coefficient (Wildman–Crippen LogP) is 2.00. The number of carboxylic acid groups (broad SMARTS) is 1. The van der Waals surface area contributed by atoms with Gasteiger partial charge in [-0.25, -0.2) is 4.79 Å². The SMILES string of the molecule is Cc1cc2c(C=O)cn(C)c2cc1C(=O)O. The largest absolute Gasteiger partial charge is 0.478 e. The molecule has 0 aliphatic rings. The summed E-state index contributed by atoms with van der Waals surface area (Å²) in [5.74, 6) is -0.951. The predicted molar refractivity (Wildman–Crippen MR) is 60.0 cm³/mol. The van der Waals surface area contributed by atoms with E-state index in [0.29, 0.717) is 11.1 Å². The van der Waals surface area contributed by atoms with Crippen LogP contribution in [0.25, 0.3) is 10.9 Å². The second-order valence-corrected chi connectivity index (χ2v) is 3.80. The molecule has 0 fully saturated rings. The summed E-state index contributed by atoms with van der Waals surface area (Å²) in [4.78, 5) is 21.8. The number of hydrogen-bond donors (Lipinski definition) is 1. The highest BCUT2D eigenvalue weighted by Crippen LogP contribution is 2.23. The van der Waals surface area contributed by atoms with Gasteiger partial charge in [0.15, 0.2) is 6.29 Å². The molecule has 4 heteroatoms. The minimum absolute atomic E-state index is 0.270. The quantitative estimate of drug-likeness (QED) is 0.782. The van der Waals surface area contributed by atoms with Crippen LogP contribution in [0.2, 0.25) is 0 Å². The fourth-order valence-corrected chi connectivity index (χ4v) is 1.89. The Bertz CT molecular complexity index is 596. The normalized spacial score (nSPS) is 10.6. The fraction of sp³-hybridized carbons (Fsp3) is 0.167. The molecule has 0 saturated heterocycles. The van der Waals surface area contributed by atoms with Crippen molar-refractivity contribution in [2.45, 2.75) is 6.92 Å². The van der Waals surface area contributed by atoms with E-state index in [4.69, 9.17) is 5.11 Å². The third-order valence-electron chi connectivity index (χ3n) is 2.72. The maximum absolute atomic E-state index is 11.0. The van der Waals surface area contributed by atoms with Crippen LogP contribution < -0.4 is 0 Å². The van der Waals surface area contributed by atoms with Crippen molar-refractivity contribution >= 4 is 23.2 Å². The van der Waals surface area contributed by atoms with Crippen molar-refractivity contribution in [1.29, 1.82) is 0 Å². The van der Waals surface area contributed by atoms with Crippen molar-refractivity contribution in [1.82, 2.24) is 4.57 Å². The second kappa shape index (κ2) is 3.48. The first-order valence-electron chi connectivity index (χ1n) is 4.82. The molecular formula is C12H11NO3. The van der Waals surface area contributed by atoms with Gasteiger partial charge >= 0.3 is 5.97 Å². The van der Waals surface area contributed by atoms with Crippen LogP contribution in [0.15, 0.2) is 18.3 Å². The van der Waals surface area contributed by atoms with Crippen LogP contribution >= 0.6 is 0 Å². The van der Waals surface area contributed by atoms with Crippen LogP contribution in [0.5, 0.6) is 0 Å². The van der Waals surface area contributed by atoms with E-state index in [1.165, 1.54) is 0 Å². The molecule has 1 N–H and O–H groups in total. The molecule has 0 radical (unpaired) electrons. The average Bonchev–Trinajstić information content (AvgIpc) is 2.53. The Morgan fingerprint density at radius 1 is 1.44 bits per heavy atom. The van der Waals surface area contributed by atoms with Crippen LogP contribution in [0.4, 0.5) is 0 Å². The van der Waals surface area contributed by atoms with E-state index in [1.54, 1.807) is 36.9 Å². The molecule has 0 aliphatic carbocycles. The molecule has 0 bridgehead atoms. The number of carboxylic acids is 1. The van der Waals surface area contributed by atoms with E-state index in [2.05, 4.69) is 0 Å². The Morgan fingerprint density at radius 2 is 2.12 bits per heavy atom. The number of aldehydes is 1. The van der Waals surface area contributed by atoms with E-state index in [0.717, 1.165) is 17.2 Å². The van der Waals surface area contributed by atoms with Gasteiger partial charge in [-0.3, -0.25) is 4.79 Å². The Kier molecular flexibility index (Phi) is 2.27. The number of carbonyl (C=O) groups excluding carboxylic acids is 1. The van der Waals surface area contributed by atoms with Gasteiger partial charge in [0.2, 0.25) is 0 Å². The molecule has 0 spiro atoms. The van der Waals surface area contributed by atoms with Gasteiger partial charge in [-0.1, -0.05) is 0 Å². The highest BCUT2D eigenvalue weighted by Gasteiger charge is 2.12. The van der Waals surface area contributed by atoms with Gasteiger partial charge < -0.3 is 9.67 Å². The summed E-state index contributed by atoms with van der Waals surface area (Å²) in [6.45, 7) is 1.73. The van der Waals surface area contributed by atoms with Crippen LogP contribution in [0, 0.1) is 6.92 Å². The van der Waals surface area contributed by atoms with Gasteiger partial charge in [-0.05, 0) is 24.6 Å². The molecule has 82 valence electrons. The minimum Gasteiger partial charge on any atom is -0.478 e. The van der Waals surface area contributed by atoms with Crippen molar-refractivity contribution in [2.75, 3.05) is 0 Å². The summed E-state index contributed by atoms with van der Waals surface area (Å²) < 4.78 is 1.75. The van der Waals surface area contributed by atoms with E-state index in [-0.39, 0.29) is 5.56 Å². The zero-order valence-electron chi connectivity index (χ0n) is 9.02. The first-order chi connectivity index (χ1) is 7.54. The van der Waals surface area contributed by atoms with E-state index in [1.807, 2.05) is 0 Å². The number of hydrogen-bond acceptors (Lipinski definition) is 2. The molecule has 1 heterocycles. The first kappa shape index (κ1) is 10.4. The Labute approximate surface area is 92.1 Å². The smallest absolute Gasteiger partial charge is 0.336 e. The number of aryl methyl sites for hydroxylation is 2. The standard InChI is InChI=1S/C12H11NO3/c1-7-3-10-8(6-14)5-13(2)11(10)4-9(7)12(15)16/h3-6H,1-2H3,(H,15,16). The van der Waals surface area contributed by atoms with Gasteiger partial charge in [0.25, 0.3) is 0 Å². The number of benzene rings is 1. The lowest BCUT2D eigenvalue weighted by atomic mass is 10.0. The summed E-state index contributed by atoms with van der Waals surface area (Å²) in [5.41, 5.74) is 2.27. The van der Waals surface area contributed by atoms with Crippen molar-refractivity contribution in [3.8, 4) is 0 Å². The molecule has 0 saturated carbocycles. The molecular weight excluding hydrogens is 206 g/mol. The molecule has 16 heavy (non-hydrogen) atoms. The third-order valence-corrected chi connectivity index (χ3v) is 2.72. The molecule has 0 atom stereocenters. The maximum atomic E-state index is 11.0. The number of aromatic carboxylic acids is 1. The van der Waals surface area contributed by atoms with E-state index in [9.17, 15) is 9.59 Å². The molecule has 0 amide bonds. The van der Waals surface area contributed by atoms with Gasteiger partial charge in [-0.15, -0.1) is 0 Å². The summed E-state index contributed by atoms with van der Waals surface area (Å²) in [7, 11) is 1.79. The highest BCUT2D eigenvalue weighted by molar-refractivity contribution is 6.01. The van der Waals surface area contributed by atoms with Crippen molar-refractivity contribution in [3.63, 3.8) is 0 Å². The average molecular weight is 217 g/mol. The summed E-state index contributed by atoms with van der Waals surface area (Å²) >= 11 is 0. The van der Waals surface area contributed by atoms with E-state index < -0.39 is 5.97 Å². The number of fused-ring (bicyclic) bond motifs is 1. The molecule has 2 aromatic rings. The Balaban J connectivity index is 2.85. The van der Waals surface area contributed by atoms with Gasteiger partial charge in [0, 0.05) is 29.7 Å². The van der Waals surface area contributed by atoms with E-state index >= 15 is 0 Å². The van der Waals surface area contributed by atoms with Gasteiger partial charge in [0.05, 0.1) is 5.56 Å². The molecule has 0 aliphatic heterocycles. The summed E-state index contributed by atoms with van der Waals surface area (Å²) in [6, 6.07) is 3.34. The molecule has 4 nitrogen and oxygen atoms in total. The van der Waals surface area contributed by atoms with Crippen molar-refractivity contribution in [2.24, 2.45) is 7.05 Å². The zero-order chi connectivity index (χ0) is 11.9. The van der Waals surface area contributed by atoms with Crippen LogP contribution in [-0.4, -0.2) is 21.9 Å². The topological polar surface area (TPSA) is 59.3 Å². The van der Waals surface area contributed by atoms with Crippen LogP contribution in [-0.2, 0) is 7.05 Å².